The molecule has 2 aromatic heterocycles. The van der Waals surface area contributed by atoms with Crippen LogP contribution in [0.25, 0.3) is 4.96 Å². The lowest BCUT2D eigenvalue weighted by Crippen LogP contribution is -2.49. The zero-order valence-electron chi connectivity index (χ0n) is 11.9. The Morgan fingerprint density at radius 2 is 2.10 bits per heavy atom. The lowest BCUT2D eigenvalue weighted by Gasteiger charge is -2.34. The molecule has 112 valence electrons. The molecule has 0 fully saturated rings. The molecule has 7 nitrogen and oxygen atoms in total. The number of aromatic nitrogens is 2. The number of nitrogens with zero attached hydrogens (tertiary/aromatic N) is 3. The van der Waals surface area contributed by atoms with Crippen molar-refractivity contribution < 1.29 is 14.7 Å². The molecule has 0 aliphatic carbocycles. The van der Waals surface area contributed by atoms with Crippen molar-refractivity contribution in [1.29, 1.82) is 0 Å². The molecule has 0 spiro atoms. The maximum Gasteiger partial charge on any atom is 0.323 e. The summed E-state index contributed by atoms with van der Waals surface area (Å²) in [5.41, 5.74) is -1.36. The standard InChI is InChI=1S/C13H15N3O4S/c1-13(2,3)16(7-9(17)18)11(20)8-6-14-12-15(10(8)19)4-5-21-12/h4-6H,7H2,1-3H3,(H,17,18). The third-order valence-corrected chi connectivity index (χ3v) is 3.69. The van der Waals surface area contributed by atoms with Crippen LogP contribution in [-0.2, 0) is 4.79 Å². The average Bonchev–Trinajstić information content (AvgIpc) is 2.83. The number of hydrogen-bond donors (Lipinski definition) is 1. The van der Waals surface area contributed by atoms with Crippen LogP contribution in [0, 0.1) is 0 Å². The van der Waals surface area contributed by atoms with Gasteiger partial charge in [-0.15, -0.1) is 11.3 Å². The number of rotatable bonds is 3. The minimum absolute atomic E-state index is 0.137. The average molecular weight is 309 g/mol. The molecule has 2 aromatic rings. The highest BCUT2D eigenvalue weighted by Crippen LogP contribution is 2.16. The molecule has 0 aliphatic rings. The van der Waals surface area contributed by atoms with E-state index in [0.29, 0.717) is 4.96 Å². The first-order chi connectivity index (χ1) is 9.71. The summed E-state index contributed by atoms with van der Waals surface area (Å²) >= 11 is 1.28. The summed E-state index contributed by atoms with van der Waals surface area (Å²) in [6.07, 6.45) is 2.74. The lowest BCUT2D eigenvalue weighted by atomic mass is 10.0. The van der Waals surface area contributed by atoms with Gasteiger partial charge in [-0.3, -0.25) is 18.8 Å². The van der Waals surface area contributed by atoms with E-state index in [1.165, 1.54) is 28.1 Å². The molecule has 0 saturated heterocycles. The van der Waals surface area contributed by atoms with E-state index in [1.54, 1.807) is 26.2 Å². The summed E-state index contributed by atoms with van der Waals surface area (Å²) in [4.78, 5) is 41.4. The number of hydrogen-bond acceptors (Lipinski definition) is 5. The number of aliphatic carboxylic acids is 1. The van der Waals surface area contributed by atoms with Gasteiger partial charge in [-0.1, -0.05) is 0 Å². The van der Waals surface area contributed by atoms with Crippen LogP contribution in [-0.4, -0.2) is 43.4 Å². The smallest absolute Gasteiger partial charge is 0.323 e. The Labute approximate surface area is 124 Å². The lowest BCUT2D eigenvalue weighted by molar-refractivity contribution is -0.138. The van der Waals surface area contributed by atoms with E-state index in [1.807, 2.05) is 0 Å². The Morgan fingerprint density at radius 1 is 1.43 bits per heavy atom. The third-order valence-electron chi connectivity index (χ3n) is 2.92. The van der Waals surface area contributed by atoms with Crippen LogP contribution in [0.15, 0.2) is 22.6 Å². The Bertz CT molecular complexity index is 757. The van der Waals surface area contributed by atoms with Crippen LogP contribution < -0.4 is 5.56 Å². The fraction of sp³-hybridized carbons (Fsp3) is 0.385. The van der Waals surface area contributed by atoms with Gasteiger partial charge in [0, 0.05) is 23.3 Å². The largest absolute Gasteiger partial charge is 0.480 e. The molecule has 2 rings (SSSR count). The second-order valence-electron chi connectivity index (χ2n) is 5.49. The molecule has 21 heavy (non-hydrogen) atoms. The monoisotopic (exact) mass is 309 g/mol. The summed E-state index contributed by atoms with van der Waals surface area (Å²) in [6.45, 7) is 4.65. The Balaban J connectivity index is 2.50. The minimum atomic E-state index is -1.14. The van der Waals surface area contributed by atoms with Crippen molar-refractivity contribution in [2.75, 3.05) is 6.54 Å². The predicted octanol–water partition coefficient (Wildman–Crippen LogP) is 1.08. The molecule has 0 saturated carbocycles. The van der Waals surface area contributed by atoms with Gasteiger partial charge in [0.1, 0.15) is 12.1 Å². The van der Waals surface area contributed by atoms with Crippen molar-refractivity contribution >= 4 is 28.2 Å². The predicted molar refractivity (Wildman–Crippen MR) is 77.8 cm³/mol. The molecule has 0 aliphatic heterocycles. The summed E-state index contributed by atoms with van der Waals surface area (Å²) in [5.74, 6) is -1.77. The molecule has 0 unspecified atom stereocenters. The molecular formula is C13H15N3O4S. The molecule has 0 aromatic carbocycles. The van der Waals surface area contributed by atoms with E-state index < -0.39 is 29.5 Å². The van der Waals surface area contributed by atoms with Gasteiger partial charge in [0.2, 0.25) is 0 Å². The van der Waals surface area contributed by atoms with E-state index >= 15 is 0 Å². The van der Waals surface area contributed by atoms with Gasteiger partial charge in [0.05, 0.1) is 0 Å². The van der Waals surface area contributed by atoms with Gasteiger partial charge in [0.15, 0.2) is 4.96 Å². The Kier molecular flexibility index (Phi) is 3.82. The SMILES string of the molecule is CC(C)(C)N(CC(=O)O)C(=O)c1cnc2sccn2c1=O. The van der Waals surface area contributed by atoms with E-state index in [-0.39, 0.29) is 5.56 Å². The van der Waals surface area contributed by atoms with E-state index in [0.717, 1.165) is 4.90 Å². The fourth-order valence-electron chi connectivity index (χ4n) is 1.87. The van der Waals surface area contributed by atoms with Crippen molar-refractivity contribution in [3.05, 3.63) is 33.7 Å². The fourth-order valence-corrected chi connectivity index (χ4v) is 2.54. The van der Waals surface area contributed by atoms with E-state index in [4.69, 9.17) is 5.11 Å². The van der Waals surface area contributed by atoms with Crippen molar-refractivity contribution in [2.24, 2.45) is 0 Å². The molecule has 0 atom stereocenters. The van der Waals surface area contributed by atoms with E-state index in [9.17, 15) is 14.4 Å². The van der Waals surface area contributed by atoms with Crippen molar-refractivity contribution in [3.63, 3.8) is 0 Å². The first kappa shape index (κ1) is 15.2. The highest BCUT2D eigenvalue weighted by Gasteiger charge is 2.31. The number of carboxylic acids is 1. The summed E-state index contributed by atoms with van der Waals surface area (Å²) in [7, 11) is 0. The number of thiazole rings is 1. The molecule has 0 radical (unpaired) electrons. The number of carboxylic acid groups (broad SMARTS) is 1. The molecule has 8 heteroatoms. The van der Waals surface area contributed by atoms with Crippen LogP contribution in [0.5, 0.6) is 0 Å². The molecule has 2 heterocycles. The minimum Gasteiger partial charge on any atom is -0.480 e. The Morgan fingerprint density at radius 3 is 2.67 bits per heavy atom. The molecule has 1 amide bonds. The van der Waals surface area contributed by atoms with Crippen LogP contribution in [0.1, 0.15) is 31.1 Å². The van der Waals surface area contributed by atoms with Crippen LogP contribution in [0.4, 0.5) is 0 Å². The Hall–Kier alpha value is -2.22. The van der Waals surface area contributed by atoms with Crippen molar-refractivity contribution in [1.82, 2.24) is 14.3 Å². The highest BCUT2D eigenvalue weighted by molar-refractivity contribution is 7.15. The summed E-state index contributed by atoms with van der Waals surface area (Å²) in [6, 6.07) is 0. The second-order valence-corrected chi connectivity index (χ2v) is 6.36. The topological polar surface area (TPSA) is 92.0 Å². The van der Waals surface area contributed by atoms with Gasteiger partial charge >= 0.3 is 5.97 Å². The first-order valence-corrected chi connectivity index (χ1v) is 7.08. The number of carbonyl (C=O) groups is 2. The maximum absolute atomic E-state index is 12.5. The zero-order valence-corrected chi connectivity index (χ0v) is 12.7. The summed E-state index contributed by atoms with van der Waals surface area (Å²) in [5, 5.41) is 10.7. The first-order valence-electron chi connectivity index (χ1n) is 6.20. The van der Waals surface area contributed by atoms with Gasteiger partial charge < -0.3 is 10.0 Å². The number of carbonyl (C=O) groups excluding carboxylic acids is 1. The highest BCUT2D eigenvalue weighted by atomic mass is 32.1. The third kappa shape index (κ3) is 2.94. The van der Waals surface area contributed by atoms with Crippen LogP contribution in [0.2, 0.25) is 0 Å². The number of amides is 1. The van der Waals surface area contributed by atoms with E-state index in [2.05, 4.69) is 4.98 Å². The normalized spacial score (nSPS) is 11.6. The maximum atomic E-state index is 12.5. The molecular weight excluding hydrogens is 294 g/mol. The van der Waals surface area contributed by atoms with Gasteiger partial charge in [-0.05, 0) is 20.8 Å². The van der Waals surface area contributed by atoms with Gasteiger partial charge in [-0.25, -0.2) is 4.98 Å². The quantitative estimate of drug-likeness (QED) is 0.916. The van der Waals surface area contributed by atoms with Gasteiger partial charge in [-0.2, -0.15) is 0 Å². The number of fused-ring (bicyclic) bond motifs is 1. The van der Waals surface area contributed by atoms with Crippen molar-refractivity contribution in [3.8, 4) is 0 Å². The van der Waals surface area contributed by atoms with Crippen LogP contribution >= 0.6 is 11.3 Å². The summed E-state index contributed by atoms with van der Waals surface area (Å²) < 4.78 is 1.28. The van der Waals surface area contributed by atoms with Crippen molar-refractivity contribution in [2.45, 2.75) is 26.3 Å². The second kappa shape index (κ2) is 5.28. The molecule has 0 bridgehead atoms. The van der Waals surface area contributed by atoms with Gasteiger partial charge in [0.25, 0.3) is 11.5 Å². The molecule has 1 N–H and O–H groups in total. The van der Waals surface area contributed by atoms with Crippen LogP contribution in [0.3, 0.4) is 0 Å². The zero-order chi connectivity index (χ0) is 15.8.